The van der Waals surface area contributed by atoms with E-state index in [0.717, 1.165) is 28.2 Å². The lowest BCUT2D eigenvalue weighted by atomic mass is 9.84. The number of nitrogens with zero attached hydrogens (tertiary/aromatic N) is 2. The van der Waals surface area contributed by atoms with Gasteiger partial charge in [-0.3, -0.25) is 4.79 Å². The van der Waals surface area contributed by atoms with Crippen LogP contribution in [-0.2, 0) is 9.54 Å². The first-order chi connectivity index (χ1) is 16.1. The van der Waals surface area contributed by atoms with Crippen molar-refractivity contribution in [3.63, 3.8) is 0 Å². The summed E-state index contributed by atoms with van der Waals surface area (Å²) < 4.78 is 3.36. The number of carbonyl (C=O) groups excluding carboxylic acids is 1. The number of carbonyl (C=O) groups is 1. The fourth-order valence-corrected chi connectivity index (χ4v) is 6.83. The van der Waals surface area contributed by atoms with Crippen molar-refractivity contribution in [1.82, 2.24) is 14.9 Å². The lowest BCUT2D eigenvalue weighted by Crippen LogP contribution is -2.59. The second-order valence-corrected chi connectivity index (χ2v) is 10.2. The molecule has 1 fully saturated rings. The minimum Gasteiger partial charge on any atom is -0.386 e. The Morgan fingerprint density at radius 2 is 1.39 bits per heavy atom. The van der Waals surface area contributed by atoms with Crippen LogP contribution < -0.4 is 5.32 Å². The van der Waals surface area contributed by atoms with Crippen LogP contribution in [-0.4, -0.2) is 26.0 Å². The van der Waals surface area contributed by atoms with Crippen molar-refractivity contribution in [3.8, 4) is 0 Å². The van der Waals surface area contributed by atoms with Crippen LogP contribution in [0, 0.1) is 12.8 Å². The van der Waals surface area contributed by atoms with Gasteiger partial charge in [0.05, 0.1) is 26.6 Å². The van der Waals surface area contributed by atoms with Gasteiger partial charge in [0.2, 0.25) is 5.91 Å². The maximum atomic E-state index is 12.7. The van der Waals surface area contributed by atoms with E-state index in [1.54, 1.807) is 11.8 Å². The van der Waals surface area contributed by atoms with Gasteiger partial charge in [-0.15, -0.1) is 16.9 Å². The van der Waals surface area contributed by atoms with Gasteiger partial charge in [-0.1, -0.05) is 95.5 Å². The molecule has 7 heteroatoms. The standard InChI is InChI=1S/C26H23N3O2S2/c1-17-23(33-29-28-17)22(30)21-24(31)27-25(21)32-26(18-11-5-2-6-12-18,19-13-7-3-8-14-19)20-15-9-4-10-16-20/h2-16,21-22,25,30H,1H3,(H,27,31). The molecule has 166 valence electrons. The van der Waals surface area contributed by atoms with Gasteiger partial charge < -0.3 is 10.4 Å². The molecule has 33 heavy (non-hydrogen) atoms. The van der Waals surface area contributed by atoms with Crippen LogP contribution in [0.5, 0.6) is 0 Å². The van der Waals surface area contributed by atoms with E-state index in [1.807, 2.05) is 61.5 Å². The van der Waals surface area contributed by atoms with Gasteiger partial charge in [-0.05, 0) is 35.1 Å². The molecule has 4 aromatic rings. The van der Waals surface area contributed by atoms with E-state index in [1.165, 1.54) is 0 Å². The van der Waals surface area contributed by atoms with E-state index in [2.05, 4.69) is 51.3 Å². The first-order valence-corrected chi connectivity index (χ1v) is 12.4. The first kappa shape index (κ1) is 21.8. The Balaban J connectivity index is 1.62. The summed E-state index contributed by atoms with van der Waals surface area (Å²) in [7, 11) is 0. The molecule has 1 aromatic heterocycles. The Labute approximate surface area is 201 Å². The van der Waals surface area contributed by atoms with Crippen molar-refractivity contribution in [3.05, 3.63) is 118 Å². The zero-order valence-corrected chi connectivity index (χ0v) is 19.6. The second-order valence-electron chi connectivity index (χ2n) is 8.02. The maximum absolute atomic E-state index is 12.7. The van der Waals surface area contributed by atoms with E-state index < -0.39 is 16.8 Å². The van der Waals surface area contributed by atoms with Gasteiger partial charge in [-0.25, -0.2) is 0 Å². The highest BCUT2D eigenvalue weighted by atomic mass is 32.2. The predicted molar refractivity (Wildman–Crippen MR) is 132 cm³/mol. The molecule has 0 aliphatic carbocycles. The van der Waals surface area contributed by atoms with Crippen molar-refractivity contribution in [2.45, 2.75) is 23.1 Å². The van der Waals surface area contributed by atoms with Crippen molar-refractivity contribution in [1.29, 1.82) is 0 Å². The third-order valence-corrected chi connectivity index (χ3v) is 8.68. The molecular formula is C26H23N3O2S2. The number of aliphatic hydroxyl groups excluding tert-OH is 1. The highest BCUT2D eigenvalue weighted by molar-refractivity contribution is 8.01. The number of benzene rings is 3. The molecule has 0 saturated carbocycles. The summed E-state index contributed by atoms with van der Waals surface area (Å²) in [5, 5.41) is 17.9. The number of rotatable bonds is 7. The number of thioether (sulfide) groups is 1. The SMILES string of the molecule is Cc1nnsc1C(O)C1C(=O)NC1SC(c1ccccc1)(c1ccccc1)c1ccccc1. The summed E-state index contributed by atoms with van der Waals surface area (Å²) >= 11 is 2.80. The Morgan fingerprint density at radius 3 is 1.79 bits per heavy atom. The molecule has 5 rings (SSSR count). The molecule has 1 aliphatic heterocycles. The van der Waals surface area contributed by atoms with Gasteiger partial charge in [0.25, 0.3) is 0 Å². The lowest BCUT2D eigenvalue weighted by Gasteiger charge is -2.45. The van der Waals surface area contributed by atoms with Crippen LogP contribution in [0.3, 0.4) is 0 Å². The number of hydrogen-bond acceptors (Lipinski definition) is 6. The number of aliphatic hydroxyl groups is 1. The van der Waals surface area contributed by atoms with Crippen LogP contribution in [0.4, 0.5) is 0 Å². The largest absolute Gasteiger partial charge is 0.386 e. The van der Waals surface area contributed by atoms with Gasteiger partial charge in [0.15, 0.2) is 0 Å². The van der Waals surface area contributed by atoms with E-state index in [-0.39, 0.29) is 11.3 Å². The molecule has 5 nitrogen and oxygen atoms in total. The molecule has 2 heterocycles. The molecule has 3 atom stereocenters. The molecule has 3 unspecified atom stereocenters. The molecule has 2 N–H and O–H groups in total. The third-order valence-electron chi connectivity index (χ3n) is 6.05. The number of aryl methyl sites for hydroxylation is 1. The molecule has 1 saturated heterocycles. The average Bonchev–Trinajstić information content (AvgIpc) is 3.29. The summed E-state index contributed by atoms with van der Waals surface area (Å²) in [5.74, 6) is -0.748. The summed E-state index contributed by atoms with van der Waals surface area (Å²) in [6.07, 6.45) is -0.948. The second kappa shape index (κ2) is 9.09. The highest BCUT2D eigenvalue weighted by Gasteiger charge is 2.51. The monoisotopic (exact) mass is 473 g/mol. The van der Waals surface area contributed by atoms with Gasteiger partial charge >= 0.3 is 0 Å². The zero-order chi connectivity index (χ0) is 22.8. The average molecular weight is 474 g/mol. The molecular weight excluding hydrogens is 450 g/mol. The Kier molecular flexibility index (Phi) is 6.01. The predicted octanol–water partition coefficient (Wildman–Crippen LogP) is 4.68. The van der Waals surface area contributed by atoms with Crippen molar-refractivity contribution < 1.29 is 9.90 Å². The number of β-lactam (4-membered cyclic amide) rings is 1. The molecule has 0 bridgehead atoms. The number of amides is 1. The molecule has 0 radical (unpaired) electrons. The fourth-order valence-electron chi connectivity index (χ4n) is 4.36. The fraction of sp³-hybridized carbons (Fsp3) is 0.192. The van der Waals surface area contributed by atoms with Crippen LogP contribution >= 0.6 is 23.3 Å². The van der Waals surface area contributed by atoms with Crippen LogP contribution in [0.15, 0.2) is 91.0 Å². The molecule has 1 aliphatic rings. The van der Waals surface area contributed by atoms with Gasteiger partial charge in [-0.2, -0.15) is 0 Å². The first-order valence-electron chi connectivity index (χ1n) is 10.7. The number of hydrogen-bond donors (Lipinski definition) is 2. The van der Waals surface area contributed by atoms with Gasteiger partial charge in [0, 0.05) is 0 Å². The Hall–Kier alpha value is -3.00. The van der Waals surface area contributed by atoms with Crippen LogP contribution in [0.2, 0.25) is 0 Å². The minimum atomic E-state index is -0.948. The molecule has 0 spiro atoms. The van der Waals surface area contributed by atoms with Crippen LogP contribution in [0.25, 0.3) is 0 Å². The third kappa shape index (κ3) is 3.86. The van der Waals surface area contributed by atoms with E-state index >= 15 is 0 Å². The highest BCUT2D eigenvalue weighted by Crippen LogP contribution is 2.53. The summed E-state index contributed by atoms with van der Waals surface area (Å²) in [4.78, 5) is 13.3. The normalized spacial score (nSPS) is 18.9. The van der Waals surface area contributed by atoms with Crippen molar-refractivity contribution >= 4 is 29.2 Å². The molecule has 1 amide bonds. The lowest BCUT2D eigenvalue weighted by molar-refractivity contribution is -0.137. The molecule has 3 aromatic carbocycles. The Morgan fingerprint density at radius 1 is 0.909 bits per heavy atom. The summed E-state index contributed by atoms with van der Waals surface area (Å²) in [6, 6.07) is 31.0. The smallest absolute Gasteiger partial charge is 0.229 e. The maximum Gasteiger partial charge on any atom is 0.229 e. The number of aromatic nitrogens is 2. The topological polar surface area (TPSA) is 75.1 Å². The van der Waals surface area contributed by atoms with Crippen molar-refractivity contribution in [2.24, 2.45) is 5.92 Å². The van der Waals surface area contributed by atoms with E-state index in [0.29, 0.717) is 10.6 Å². The minimum absolute atomic E-state index is 0.157. The van der Waals surface area contributed by atoms with E-state index in [9.17, 15) is 9.90 Å². The zero-order valence-electron chi connectivity index (χ0n) is 18.0. The number of nitrogens with one attached hydrogen (secondary N) is 1. The quantitative estimate of drug-likeness (QED) is 0.301. The van der Waals surface area contributed by atoms with Gasteiger partial charge in [0.1, 0.15) is 6.10 Å². The van der Waals surface area contributed by atoms with Crippen molar-refractivity contribution in [2.75, 3.05) is 0 Å². The van der Waals surface area contributed by atoms with E-state index in [4.69, 9.17) is 0 Å². The Bertz CT molecular complexity index is 1140. The van der Waals surface area contributed by atoms with Crippen LogP contribution in [0.1, 0.15) is 33.4 Å². The summed E-state index contributed by atoms with van der Waals surface area (Å²) in [5.41, 5.74) is 3.99. The summed E-state index contributed by atoms with van der Waals surface area (Å²) in [6.45, 7) is 1.81.